The Labute approximate surface area is 138 Å². The molecule has 5 nitrogen and oxygen atoms in total. The molecule has 7 heteroatoms. The fourth-order valence-corrected chi connectivity index (χ4v) is 4.93. The average Bonchev–Trinajstić information content (AvgIpc) is 2.96. The van der Waals surface area contributed by atoms with Gasteiger partial charge in [-0.2, -0.15) is 11.8 Å². The maximum atomic E-state index is 12.6. The van der Waals surface area contributed by atoms with Crippen LogP contribution in [-0.2, 0) is 11.3 Å². The second-order valence-electron chi connectivity index (χ2n) is 5.94. The van der Waals surface area contributed by atoms with Crippen molar-refractivity contribution >= 4 is 34.0 Å². The fourth-order valence-electron chi connectivity index (χ4n) is 2.87. The zero-order valence-corrected chi connectivity index (χ0v) is 14.8. The third kappa shape index (κ3) is 2.77. The summed E-state index contributed by atoms with van der Waals surface area (Å²) in [7, 11) is 1.76. The van der Waals surface area contributed by atoms with Crippen molar-refractivity contribution in [2.45, 2.75) is 38.8 Å². The number of nitrogens with zero attached hydrogens (tertiary/aromatic N) is 3. The number of aryl methyl sites for hydroxylation is 2. The van der Waals surface area contributed by atoms with Crippen LogP contribution in [0.3, 0.4) is 0 Å². The lowest BCUT2D eigenvalue weighted by Gasteiger charge is -2.34. The molecule has 0 radical (unpaired) electrons. The maximum Gasteiger partial charge on any atom is 0.254 e. The highest BCUT2D eigenvalue weighted by molar-refractivity contribution is 7.99. The van der Waals surface area contributed by atoms with Gasteiger partial charge < -0.3 is 10.0 Å². The molecular formula is C15H21N3O2S2. The molecule has 0 unspecified atom stereocenters. The molecule has 1 aliphatic heterocycles. The highest BCUT2D eigenvalue weighted by Gasteiger charge is 2.39. The molecule has 1 N–H and O–H groups in total. The fraction of sp³-hybridized carbons (Fsp3) is 0.600. The molecule has 0 atom stereocenters. The molecule has 0 spiro atoms. The van der Waals surface area contributed by atoms with E-state index < -0.39 is 5.60 Å². The van der Waals surface area contributed by atoms with Gasteiger partial charge in [0, 0.05) is 18.1 Å². The number of hydrogen-bond donors (Lipinski definition) is 1. The Morgan fingerprint density at radius 2 is 2.14 bits per heavy atom. The van der Waals surface area contributed by atoms with Crippen molar-refractivity contribution in [2.75, 3.05) is 18.6 Å². The molecule has 1 saturated heterocycles. The number of likely N-dealkylation sites (N-methyl/N-ethyl adjacent to an activating group) is 1. The average molecular weight is 339 g/mol. The van der Waals surface area contributed by atoms with Gasteiger partial charge in [0.25, 0.3) is 5.91 Å². The zero-order valence-electron chi connectivity index (χ0n) is 13.1. The zero-order chi connectivity index (χ0) is 15.9. The van der Waals surface area contributed by atoms with E-state index in [2.05, 4.69) is 22.5 Å². The third-order valence-corrected chi connectivity index (χ3v) is 6.08. The van der Waals surface area contributed by atoms with Crippen molar-refractivity contribution in [1.29, 1.82) is 0 Å². The molecule has 1 amide bonds. The van der Waals surface area contributed by atoms with Crippen LogP contribution in [0.1, 0.15) is 29.1 Å². The van der Waals surface area contributed by atoms with Crippen LogP contribution < -0.4 is 0 Å². The van der Waals surface area contributed by atoms with E-state index >= 15 is 0 Å². The lowest BCUT2D eigenvalue weighted by Crippen LogP contribution is -2.49. The van der Waals surface area contributed by atoms with Crippen LogP contribution in [0.5, 0.6) is 0 Å². The largest absolute Gasteiger partial charge is 0.380 e. The number of imidazole rings is 1. The summed E-state index contributed by atoms with van der Waals surface area (Å²) >= 11 is 3.44. The summed E-state index contributed by atoms with van der Waals surface area (Å²) in [5, 5.41) is 10.6. The summed E-state index contributed by atoms with van der Waals surface area (Å²) in [5.41, 5.74) is 0.767. The monoisotopic (exact) mass is 339 g/mol. The number of amides is 1. The predicted molar refractivity (Wildman–Crippen MR) is 90.5 cm³/mol. The van der Waals surface area contributed by atoms with Gasteiger partial charge in [-0.25, -0.2) is 4.98 Å². The molecule has 120 valence electrons. The van der Waals surface area contributed by atoms with E-state index in [0.29, 0.717) is 19.4 Å². The Morgan fingerprint density at radius 1 is 1.45 bits per heavy atom. The highest BCUT2D eigenvalue weighted by atomic mass is 32.2. The smallest absolute Gasteiger partial charge is 0.254 e. The second-order valence-corrected chi connectivity index (χ2v) is 8.38. The van der Waals surface area contributed by atoms with Crippen LogP contribution in [0.25, 0.3) is 4.96 Å². The van der Waals surface area contributed by atoms with E-state index in [1.807, 2.05) is 6.92 Å². The number of aromatic nitrogens is 2. The number of thioether (sulfide) groups is 1. The molecule has 0 aromatic carbocycles. The number of fused-ring (bicyclic) bond motifs is 1. The lowest BCUT2D eigenvalue weighted by atomic mass is 9.95. The number of hydrogen-bond acceptors (Lipinski definition) is 5. The number of thiazole rings is 1. The van der Waals surface area contributed by atoms with Crippen molar-refractivity contribution in [1.82, 2.24) is 14.3 Å². The van der Waals surface area contributed by atoms with Gasteiger partial charge in [-0.05, 0) is 38.2 Å². The third-order valence-electron chi connectivity index (χ3n) is 4.19. The van der Waals surface area contributed by atoms with Crippen LogP contribution in [0.15, 0.2) is 6.20 Å². The van der Waals surface area contributed by atoms with Crippen molar-refractivity contribution < 1.29 is 9.90 Å². The minimum atomic E-state index is -1.19. The van der Waals surface area contributed by atoms with Crippen molar-refractivity contribution in [3.63, 3.8) is 0 Å². The molecule has 1 aliphatic rings. The molecular weight excluding hydrogens is 318 g/mol. The highest BCUT2D eigenvalue weighted by Crippen LogP contribution is 2.29. The minimum absolute atomic E-state index is 0.172. The second kappa shape index (κ2) is 5.86. The van der Waals surface area contributed by atoms with E-state index in [0.717, 1.165) is 27.9 Å². The lowest BCUT2D eigenvalue weighted by molar-refractivity contribution is -0.151. The van der Waals surface area contributed by atoms with Crippen molar-refractivity contribution in [3.05, 3.63) is 22.5 Å². The van der Waals surface area contributed by atoms with Gasteiger partial charge in [0.15, 0.2) is 4.96 Å². The number of carbonyl (C=O) groups is 1. The van der Waals surface area contributed by atoms with E-state index in [9.17, 15) is 9.90 Å². The van der Waals surface area contributed by atoms with Gasteiger partial charge in [-0.15, -0.1) is 11.3 Å². The number of carbonyl (C=O) groups excluding carboxylic acids is 1. The summed E-state index contributed by atoms with van der Waals surface area (Å²) in [4.78, 5) is 21.0. The summed E-state index contributed by atoms with van der Waals surface area (Å²) in [6, 6.07) is 0. The standard InChI is InChI=1S/C15H21N3O2S2/c1-10-8-18-12(11(2)16-14(18)22-10)9-17(3)13(19)15(20)4-6-21-7-5-15/h8,20H,4-7,9H2,1-3H3. The molecule has 22 heavy (non-hydrogen) atoms. The number of rotatable bonds is 3. The molecule has 3 rings (SSSR count). The van der Waals surface area contributed by atoms with Crippen LogP contribution in [0.2, 0.25) is 0 Å². The molecule has 1 fully saturated rings. The predicted octanol–water partition coefficient (Wildman–Crippen LogP) is 2.23. The van der Waals surface area contributed by atoms with Crippen LogP contribution >= 0.6 is 23.1 Å². The van der Waals surface area contributed by atoms with E-state index in [-0.39, 0.29) is 5.91 Å². The first-order chi connectivity index (χ1) is 10.4. The van der Waals surface area contributed by atoms with Crippen LogP contribution in [0.4, 0.5) is 0 Å². The van der Waals surface area contributed by atoms with Crippen molar-refractivity contribution in [2.24, 2.45) is 0 Å². The van der Waals surface area contributed by atoms with Crippen LogP contribution in [-0.4, -0.2) is 49.5 Å². The van der Waals surface area contributed by atoms with E-state index in [4.69, 9.17) is 0 Å². The SMILES string of the molecule is Cc1cn2c(CN(C)C(=O)C3(O)CCSCC3)c(C)nc2s1. The number of aliphatic hydroxyl groups is 1. The van der Waals surface area contributed by atoms with Crippen molar-refractivity contribution in [3.8, 4) is 0 Å². The van der Waals surface area contributed by atoms with Gasteiger partial charge in [-0.1, -0.05) is 0 Å². The quantitative estimate of drug-likeness (QED) is 0.932. The first-order valence-electron chi connectivity index (χ1n) is 7.40. The van der Waals surface area contributed by atoms with Gasteiger partial charge in [0.1, 0.15) is 5.60 Å². The molecule has 2 aromatic heterocycles. The Morgan fingerprint density at radius 3 is 2.82 bits per heavy atom. The maximum absolute atomic E-state index is 12.6. The molecule has 0 saturated carbocycles. The first-order valence-corrected chi connectivity index (χ1v) is 9.37. The minimum Gasteiger partial charge on any atom is -0.380 e. The first kappa shape index (κ1) is 15.8. The summed E-state index contributed by atoms with van der Waals surface area (Å²) in [5.74, 6) is 1.51. The normalized spacial score (nSPS) is 17.8. The van der Waals surface area contributed by atoms with E-state index in [1.165, 1.54) is 4.88 Å². The van der Waals surface area contributed by atoms with Gasteiger partial charge in [0.05, 0.1) is 17.9 Å². The Hall–Kier alpha value is -1.05. The molecule has 3 heterocycles. The summed E-state index contributed by atoms with van der Waals surface area (Å²) in [6.07, 6.45) is 3.14. The molecule has 0 bridgehead atoms. The molecule has 2 aromatic rings. The Balaban J connectivity index is 1.81. The van der Waals surface area contributed by atoms with Crippen LogP contribution in [0, 0.1) is 13.8 Å². The Kier molecular flexibility index (Phi) is 4.22. The molecule has 0 aliphatic carbocycles. The Bertz CT molecular complexity index is 701. The summed E-state index contributed by atoms with van der Waals surface area (Å²) < 4.78 is 2.06. The van der Waals surface area contributed by atoms with Gasteiger partial charge in [0.2, 0.25) is 0 Å². The van der Waals surface area contributed by atoms with E-state index in [1.54, 1.807) is 35.0 Å². The van der Waals surface area contributed by atoms with Gasteiger partial charge in [-0.3, -0.25) is 9.20 Å². The van der Waals surface area contributed by atoms with Gasteiger partial charge >= 0.3 is 0 Å². The topological polar surface area (TPSA) is 57.8 Å². The summed E-state index contributed by atoms with van der Waals surface area (Å²) in [6.45, 7) is 4.49.